The number of nitrogens with zero attached hydrogens (tertiary/aromatic N) is 2. The molecule has 0 saturated carbocycles. The number of para-hydroxylation sites is 1. The zero-order valence-electron chi connectivity index (χ0n) is 11.4. The minimum absolute atomic E-state index is 0.00319. The lowest BCUT2D eigenvalue weighted by Gasteiger charge is -2.22. The third-order valence-corrected chi connectivity index (χ3v) is 3.45. The largest absolute Gasteiger partial charge is 0.491 e. The van der Waals surface area contributed by atoms with Crippen molar-refractivity contribution in [3.8, 4) is 5.75 Å². The molecule has 0 atom stereocenters. The van der Waals surface area contributed by atoms with Gasteiger partial charge in [-0.3, -0.25) is 10.1 Å². The molecule has 108 valence electrons. The van der Waals surface area contributed by atoms with Gasteiger partial charge in [0.2, 0.25) is 0 Å². The molecule has 0 radical (unpaired) electrons. The molecule has 0 bridgehead atoms. The standard InChI is InChI=1S/C15H15N3O3/c16-12-7-13(9-14(8-12)18(19)20)17-5-6-21-15-4-2-1-3-11(15)10-17/h1-4,7-9H,5-6,10,16H2. The van der Waals surface area contributed by atoms with Crippen LogP contribution in [0.4, 0.5) is 17.1 Å². The highest BCUT2D eigenvalue weighted by molar-refractivity contribution is 5.63. The quantitative estimate of drug-likeness (QED) is 0.521. The van der Waals surface area contributed by atoms with Crippen molar-refractivity contribution in [1.82, 2.24) is 0 Å². The molecule has 0 amide bonds. The lowest BCUT2D eigenvalue weighted by atomic mass is 10.1. The number of benzene rings is 2. The van der Waals surface area contributed by atoms with E-state index >= 15 is 0 Å². The summed E-state index contributed by atoms with van der Waals surface area (Å²) in [6, 6.07) is 12.5. The first kappa shape index (κ1) is 13.2. The first-order valence-electron chi connectivity index (χ1n) is 6.64. The number of nitro benzene ring substituents is 1. The highest BCUT2D eigenvalue weighted by Gasteiger charge is 2.18. The van der Waals surface area contributed by atoms with Gasteiger partial charge in [0.15, 0.2) is 0 Å². The van der Waals surface area contributed by atoms with Crippen LogP contribution in [-0.4, -0.2) is 18.1 Å². The Morgan fingerprint density at radius 3 is 2.86 bits per heavy atom. The van der Waals surface area contributed by atoms with Crippen LogP contribution in [0.15, 0.2) is 42.5 Å². The van der Waals surface area contributed by atoms with Crippen LogP contribution in [0, 0.1) is 10.1 Å². The van der Waals surface area contributed by atoms with E-state index in [2.05, 4.69) is 0 Å². The van der Waals surface area contributed by atoms with E-state index in [1.165, 1.54) is 6.07 Å². The van der Waals surface area contributed by atoms with Crippen LogP contribution in [0.2, 0.25) is 0 Å². The number of nitrogen functional groups attached to an aromatic ring is 1. The molecule has 0 fully saturated rings. The molecule has 2 aromatic rings. The molecule has 1 heterocycles. The van der Waals surface area contributed by atoms with E-state index in [1.54, 1.807) is 12.1 Å². The summed E-state index contributed by atoms with van der Waals surface area (Å²) in [5.74, 6) is 0.860. The van der Waals surface area contributed by atoms with E-state index in [4.69, 9.17) is 10.5 Å². The maximum atomic E-state index is 11.0. The Bertz CT molecular complexity index is 688. The summed E-state index contributed by atoms with van der Waals surface area (Å²) in [7, 11) is 0. The SMILES string of the molecule is Nc1cc(N2CCOc3ccccc3C2)cc([N+](=O)[O-])c1. The molecule has 0 aromatic heterocycles. The number of rotatable bonds is 2. The number of hydrogen-bond acceptors (Lipinski definition) is 5. The molecule has 6 heteroatoms. The van der Waals surface area contributed by atoms with Crippen LogP contribution >= 0.6 is 0 Å². The van der Waals surface area contributed by atoms with Gasteiger partial charge in [-0.15, -0.1) is 0 Å². The first-order chi connectivity index (χ1) is 10.1. The second-order valence-electron chi connectivity index (χ2n) is 4.92. The molecular formula is C15H15N3O3. The molecule has 0 unspecified atom stereocenters. The fraction of sp³-hybridized carbons (Fsp3) is 0.200. The Labute approximate surface area is 121 Å². The van der Waals surface area contributed by atoms with Crippen LogP contribution in [0.5, 0.6) is 5.75 Å². The highest BCUT2D eigenvalue weighted by atomic mass is 16.6. The van der Waals surface area contributed by atoms with Crippen LogP contribution in [0.3, 0.4) is 0 Å². The van der Waals surface area contributed by atoms with Crippen molar-refractivity contribution in [2.75, 3.05) is 23.8 Å². The summed E-state index contributed by atoms with van der Waals surface area (Å²) in [6.07, 6.45) is 0. The van der Waals surface area contributed by atoms with Crippen LogP contribution < -0.4 is 15.4 Å². The van der Waals surface area contributed by atoms with Gasteiger partial charge in [0, 0.05) is 35.6 Å². The zero-order valence-corrected chi connectivity index (χ0v) is 11.4. The number of non-ortho nitro benzene ring substituents is 1. The summed E-state index contributed by atoms with van der Waals surface area (Å²) >= 11 is 0. The van der Waals surface area contributed by atoms with E-state index < -0.39 is 4.92 Å². The summed E-state index contributed by atoms with van der Waals surface area (Å²) in [5, 5.41) is 11.0. The van der Waals surface area contributed by atoms with Gasteiger partial charge in [-0.2, -0.15) is 0 Å². The Balaban J connectivity index is 1.95. The van der Waals surface area contributed by atoms with Crippen LogP contribution in [-0.2, 0) is 6.54 Å². The summed E-state index contributed by atoms with van der Waals surface area (Å²) in [6.45, 7) is 1.81. The number of anilines is 2. The van der Waals surface area contributed by atoms with Crippen LogP contribution in [0.1, 0.15) is 5.56 Å². The molecular weight excluding hydrogens is 270 g/mol. The maximum absolute atomic E-state index is 11.0. The topological polar surface area (TPSA) is 81.6 Å². The average Bonchev–Trinajstić information content (AvgIpc) is 2.68. The van der Waals surface area contributed by atoms with Gasteiger partial charge in [-0.25, -0.2) is 0 Å². The van der Waals surface area contributed by atoms with Gasteiger partial charge in [-0.05, 0) is 12.1 Å². The van der Waals surface area contributed by atoms with E-state index in [0.29, 0.717) is 25.4 Å². The van der Waals surface area contributed by atoms with Crippen molar-refractivity contribution in [3.05, 3.63) is 58.1 Å². The smallest absolute Gasteiger partial charge is 0.273 e. The number of ether oxygens (including phenoxy) is 1. The molecule has 21 heavy (non-hydrogen) atoms. The predicted molar refractivity (Wildman–Crippen MR) is 80.5 cm³/mol. The van der Waals surface area contributed by atoms with Crippen molar-refractivity contribution >= 4 is 17.1 Å². The maximum Gasteiger partial charge on any atom is 0.273 e. The minimum Gasteiger partial charge on any atom is -0.491 e. The van der Waals surface area contributed by atoms with Crippen molar-refractivity contribution in [2.24, 2.45) is 0 Å². The van der Waals surface area contributed by atoms with E-state index in [0.717, 1.165) is 17.0 Å². The highest BCUT2D eigenvalue weighted by Crippen LogP contribution is 2.30. The molecule has 6 nitrogen and oxygen atoms in total. The normalized spacial score (nSPS) is 14.0. The van der Waals surface area contributed by atoms with Crippen LogP contribution in [0.25, 0.3) is 0 Å². The molecule has 0 aliphatic carbocycles. The fourth-order valence-electron chi connectivity index (χ4n) is 2.45. The van der Waals surface area contributed by atoms with Crippen molar-refractivity contribution < 1.29 is 9.66 Å². The first-order valence-corrected chi connectivity index (χ1v) is 6.64. The predicted octanol–water partition coefficient (Wildman–Crippen LogP) is 2.58. The molecule has 0 saturated heterocycles. The van der Waals surface area contributed by atoms with Gasteiger partial charge in [-0.1, -0.05) is 18.2 Å². The number of nitrogens with two attached hydrogens (primary N) is 1. The fourth-order valence-corrected chi connectivity index (χ4v) is 2.45. The third-order valence-electron chi connectivity index (χ3n) is 3.45. The second kappa shape index (κ2) is 5.32. The second-order valence-corrected chi connectivity index (χ2v) is 4.92. The number of hydrogen-bond donors (Lipinski definition) is 1. The van der Waals surface area contributed by atoms with Crippen molar-refractivity contribution in [2.45, 2.75) is 6.54 Å². The third kappa shape index (κ3) is 2.74. The Hall–Kier alpha value is -2.76. The van der Waals surface area contributed by atoms with Crippen molar-refractivity contribution in [3.63, 3.8) is 0 Å². The van der Waals surface area contributed by atoms with Gasteiger partial charge >= 0.3 is 0 Å². The molecule has 1 aliphatic rings. The van der Waals surface area contributed by atoms with E-state index in [9.17, 15) is 10.1 Å². The Kier molecular flexibility index (Phi) is 3.35. The average molecular weight is 285 g/mol. The van der Waals surface area contributed by atoms with Gasteiger partial charge in [0.05, 0.1) is 11.5 Å². The van der Waals surface area contributed by atoms with Crippen molar-refractivity contribution in [1.29, 1.82) is 0 Å². The number of fused-ring (bicyclic) bond motifs is 1. The van der Waals surface area contributed by atoms with E-state index in [-0.39, 0.29) is 5.69 Å². The van der Waals surface area contributed by atoms with Gasteiger partial charge < -0.3 is 15.4 Å². The Morgan fingerprint density at radius 2 is 2.05 bits per heavy atom. The monoisotopic (exact) mass is 285 g/mol. The molecule has 0 spiro atoms. The molecule has 3 rings (SSSR count). The summed E-state index contributed by atoms with van der Waals surface area (Å²) < 4.78 is 5.70. The van der Waals surface area contributed by atoms with Gasteiger partial charge in [0.1, 0.15) is 12.4 Å². The summed E-state index contributed by atoms with van der Waals surface area (Å²) in [5.41, 5.74) is 7.96. The number of nitro groups is 1. The lowest BCUT2D eigenvalue weighted by Crippen LogP contribution is -2.25. The molecule has 2 aromatic carbocycles. The van der Waals surface area contributed by atoms with E-state index in [1.807, 2.05) is 29.2 Å². The minimum atomic E-state index is -0.428. The van der Waals surface area contributed by atoms with Gasteiger partial charge in [0.25, 0.3) is 5.69 Å². The zero-order chi connectivity index (χ0) is 14.8. The summed E-state index contributed by atoms with van der Waals surface area (Å²) in [4.78, 5) is 12.6. The lowest BCUT2D eigenvalue weighted by molar-refractivity contribution is -0.384. The molecule has 1 aliphatic heterocycles. The Morgan fingerprint density at radius 1 is 1.24 bits per heavy atom. The molecule has 2 N–H and O–H groups in total.